The fourth-order valence-corrected chi connectivity index (χ4v) is 1.94. The van der Waals surface area contributed by atoms with Crippen LogP contribution in [0.1, 0.15) is 12.5 Å². The molecule has 110 valence electrons. The third-order valence-electron chi connectivity index (χ3n) is 2.94. The van der Waals surface area contributed by atoms with E-state index in [0.717, 1.165) is 5.56 Å². The first-order valence-corrected chi connectivity index (χ1v) is 6.83. The van der Waals surface area contributed by atoms with Gasteiger partial charge in [0.15, 0.2) is 6.10 Å². The second kappa shape index (κ2) is 6.59. The van der Waals surface area contributed by atoms with Gasteiger partial charge in [-0.05, 0) is 49.7 Å². The number of nitrogens with one attached hydrogen (secondary N) is 1. The van der Waals surface area contributed by atoms with E-state index in [9.17, 15) is 9.18 Å². The van der Waals surface area contributed by atoms with Crippen molar-refractivity contribution in [2.75, 3.05) is 5.32 Å². The number of hydrogen-bond acceptors (Lipinski definition) is 2. The first-order valence-electron chi connectivity index (χ1n) is 6.45. The molecule has 2 aromatic carbocycles. The quantitative estimate of drug-likeness (QED) is 0.919. The summed E-state index contributed by atoms with van der Waals surface area (Å²) in [5.41, 5.74) is 1.21. The zero-order valence-corrected chi connectivity index (χ0v) is 12.4. The van der Waals surface area contributed by atoms with E-state index >= 15 is 0 Å². The second-order valence-corrected chi connectivity index (χ2v) is 5.10. The molecule has 0 bridgehead atoms. The monoisotopic (exact) mass is 307 g/mol. The summed E-state index contributed by atoms with van der Waals surface area (Å²) in [6.07, 6.45) is -0.730. The lowest BCUT2D eigenvalue weighted by atomic mass is 10.2. The molecule has 0 spiro atoms. The predicted octanol–water partition coefficient (Wildman–Crippen LogP) is 4.19. The van der Waals surface area contributed by atoms with Crippen molar-refractivity contribution in [3.05, 3.63) is 58.9 Å². The fraction of sp³-hybridized carbons (Fsp3) is 0.188. The number of aryl methyl sites for hydroxylation is 1. The number of carbonyl (C=O) groups excluding carboxylic acids is 1. The average Bonchev–Trinajstić information content (AvgIpc) is 2.43. The SMILES string of the molecule is Cc1ccc(F)cc1NC(=O)C(C)Oc1cccc(Cl)c1. The van der Waals surface area contributed by atoms with Gasteiger partial charge in [-0.2, -0.15) is 0 Å². The van der Waals surface area contributed by atoms with Gasteiger partial charge in [-0.1, -0.05) is 23.7 Å². The average molecular weight is 308 g/mol. The van der Waals surface area contributed by atoms with Crippen molar-refractivity contribution in [2.45, 2.75) is 20.0 Å². The fourth-order valence-electron chi connectivity index (χ4n) is 1.76. The molecule has 0 radical (unpaired) electrons. The van der Waals surface area contributed by atoms with Crippen LogP contribution in [-0.4, -0.2) is 12.0 Å². The van der Waals surface area contributed by atoms with Gasteiger partial charge in [0.2, 0.25) is 0 Å². The Morgan fingerprint density at radius 1 is 1.29 bits per heavy atom. The van der Waals surface area contributed by atoms with Gasteiger partial charge >= 0.3 is 0 Å². The Bertz CT molecular complexity index is 660. The summed E-state index contributed by atoms with van der Waals surface area (Å²) in [4.78, 5) is 12.1. The largest absolute Gasteiger partial charge is 0.481 e. The van der Waals surface area contributed by atoms with Crippen LogP contribution in [0.2, 0.25) is 5.02 Å². The minimum atomic E-state index is -0.730. The van der Waals surface area contributed by atoms with Gasteiger partial charge < -0.3 is 10.1 Å². The highest BCUT2D eigenvalue weighted by atomic mass is 35.5. The zero-order valence-electron chi connectivity index (χ0n) is 11.7. The predicted molar refractivity (Wildman–Crippen MR) is 81.3 cm³/mol. The first-order chi connectivity index (χ1) is 9.95. The van der Waals surface area contributed by atoms with Gasteiger partial charge in [-0.15, -0.1) is 0 Å². The molecule has 1 amide bonds. The van der Waals surface area contributed by atoms with E-state index in [1.807, 2.05) is 0 Å². The molecule has 0 saturated heterocycles. The summed E-state index contributed by atoms with van der Waals surface area (Å²) in [7, 11) is 0. The van der Waals surface area contributed by atoms with Crippen LogP contribution < -0.4 is 10.1 Å². The number of hydrogen-bond donors (Lipinski definition) is 1. The van der Waals surface area contributed by atoms with E-state index in [0.29, 0.717) is 16.5 Å². The highest BCUT2D eigenvalue weighted by Crippen LogP contribution is 2.20. The molecule has 0 aliphatic carbocycles. The Morgan fingerprint density at radius 3 is 2.76 bits per heavy atom. The van der Waals surface area contributed by atoms with Gasteiger partial charge in [0.1, 0.15) is 11.6 Å². The van der Waals surface area contributed by atoms with Crippen molar-refractivity contribution >= 4 is 23.2 Å². The van der Waals surface area contributed by atoms with Crippen LogP contribution in [0.4, 0.5) is 10.1 Å². The molecule has 1 unspecified atom stereocenters. The summed E-state index contributed by atoms with van der Waals surface area (Å²) in [5.74, 6) is -0.260. The van der Waals surface area contributed by atoms with E-state index in [1.165, 1.54) is 12.1 Å². The molecular formula is C16H15ClFNO2. The highest BCUT2D eigenvalue weighted by molar-refractivity contribution is 6.30. The molecule has 0 saturated carbocycles. The number of rotatable bonds is 4. The summed E-state index contributed by atoms with van der Waals surface area (Å²) < 4.78 is 18.7. The molecule has 1 atom stereocenters. The molecule has 0 aromatic heterocycles. The molecular weight excluding hydrogens is 293 g/mol. The Balaban J connectivity index is 2.04. The minimum Gasteiger partial charge on any atom is -0.481 e. The van der Waals surface area contributed by atoms with Gasteiger partial charge in [-0.3, -0.25) is 4.79 Å². The lowest BCUT2D eigenvalue weighted by molar-refractivity contribution is -0.122. The summed E-state index contributed by atoms with van der Waals surface area (Å²) in [5, 5.41) is 3.18. The molecule has 2 aromatic rings. The van der Waals surface area contributed by atoms with Crippen LogP contribution >= 0.6 is 11.6 Å². The molecule has 1 N–H and O–H groups in total. The third-order valence-corrected chi connectivity index (χ3v) is 3.17. The number of halogens is 2. The molecule has 0 aliphatic rings. The molecule has 0 aliphatic heterocycles. The molecule has 0 fully saturated rings. The minimum absolute atomic E-state index is 0.358. The van der Waals surface area contributed by atoms with E-state index in [-0.39, 0.29) is 5.91 Å². The van der Waals surface area contributed by atoms with Crippen LogP contribution in [0.15, 0.2) is 42.5 Å². The lowest BCUT2D eigenvalue weighted by Crippen LogP contribution is -2.30. The second-order valence-electron chi connectivity index (χ2n) is 4.67. The Labute approximate surface area is 127 Å². The van der Waals surface area contributed by atoms with Crippen molar-refractivity contribution in [1.29, 1.82) is 0 Å². The Morgan fingerprint density at radius 2 is 2.05 bits per heavy atom. The van der Waals surface area contributed by atoms with Crippen LogP contribution in [-0.2, 0) is 4.79 Å². The molecule has 3 nitrogen and oxygen atoms in total. The van der Waals surface area contributed by atoms with Gasteiger partial charge in [0.05, 0.1) is 0 Å². The number of benzene rings is 2. The van der Waals surface area contributed by atoms with Crippen molar-refractivity contribution in [3.63, 3.8) is 0 Å². The van der Waals surface area contributed by atoms with Crippen molar-refractivity contribution in [2.24, 2.45) is 0 Å². The molecule has 2 rings (SSSR count). The normalized spacial score (nSPS) is 11.8. The Kier molecular flexibility index (Phi) is 4.81. The maximum absolute atomic E-state index is 13.2. The number of anilines is 1. The van der Waals surface area contributed by atoms with Crippen LogP contribution in [0.25, 0.3) is 0 Å². The molecule has 21 heavy (non-hydrogen) atoms. The zero-order chi connectivity index (χ0) is 15.4. The maximum Gasteiger partial charge on any atom is 0.265 e. The smallest absolute Gasteiger partial charge is 0.265 e. The standard InChI is InChI=1S/C16H15ClFNO2/c1-10-6-7-13(18)9-15(10)19-16(20)11(2)21-14-5-3-4-12(17)8-14/h3-9,11H,1-2H3,(H,19,20). The lowest BCUT2D eigenvalue weighted by Gasteiger charge is -2.16. The van der Waals surface area contributed by atoms with E-state index in [4.69, 9.17) is 16.3 Å². The number of amides is 1. The summed E-state index contributed by atoms with van der Waals surface area (Å²) >= 11 is 5.85. The van der Waals surface area contributed by atoms with Crippen LogP contribution in [0, 0.1) is 12.7 Å². The third kappa shape index (κ3) is 4.20. The summed E-state index contributed by atoms with van der Waals surface area (Å²) in [6, 6.07) is 11.0. The maximum atomic E-state index is 13.2. The summed E-state index contributed by atoms with van der Waals surface area (Å²) in [6.45, 7) is 3.41. The van der Waals surface area contributed by atoms with E-state index in [2.05, 4.69) is 5.32 Å². The Hall–Kier alpha value is -2.07. The van der Waals surface area contributed by atoms with Gasteiger partial charge in [0, 0.05) is 10.7 Å². The van der Waals surface area contributed by atoms with Crippen molar-refractivity contribution in [3.8, 4) is 5.75 Å². The van der Waals surface area contributed by atoms with Gasteiger partial charge in [0.25, 0.3) is 5.91 Å². The topological polar surface area (TPSA) is 38.3 Å². The van der Waals surface area contributed by atoms with Crippen molar-refractivity contribution < 1.29 is 13.9 Å². The van der Waals surface area contributed by atoms with Crippen LogP contribution in [0.3, 0.4) is 0 Å². The first kappa shape index (κ1) is 15.3. The van der Waals surface area contributed by atoms with Crippen LogP contribution in [0.5, 0.6) is 5.75 Å². The number of ether oxygens (including phenoxy) is 1. The molecule has 5 heteroatoms. The van der Waals surface area contributed by atoms with E-state index < -0.39 is 11.9 Å². The number of carbonyl (C=O) groups is 1. The van der Waals surface area contributed by atoms with E-state index in [1.54, 1.807) is 44.2 Å². The van der Waals surface area contributed by atoms with Gasteiger partial charge in [-0.25, -0.2) is 4.39 Å². The molecule has 0 heterocycles. The van der Waals surface area contributed by atoms with Crippen molar-refractivity contribution in [1.82, 2.24) is 0 Å². The highest BCUT2D eigenvalue weighted by Gasteiger charge is 2.16.